The fourth-order valence-electron chi connectivity index (χ4n) is 4.04. The van der Waals surface area contributed by atoms with Crippen molar-refractivity contribution in [3.8, 4) is 28.7 Å². The van der Waals surface area contributed by atoms with E-state index in [1.54, 1.807) is 27.4 Å². The Labute approximate surface area is 175 Å². The highest BCUT2D eigenvalue weighted by atomic mass is 16.7. The third-order valence-corrected chi connectivity index (χ3v) is 5.59. The standard InChI is InChI=1S/C22H26N2O6/c1-24-8-7-14-10-19-21(30-12-29-19)22(28-4)20(14)16(24)11-15(23-25)13-5-6-17(26-2)18(9-13)27-3/h5-6,9-11,16,23,25H,7-8,12H2,1-4H3/b15-11+/t16-/m0/s1. The molecule has 0 radical (unpaired) electrons. The van der Waals surface area contributed by atoms with Crippen LogP contribution in [0.15, 0.2) is 30.3 Å². The van der Waals surface area contributed by atoms with Crippen LogP contribution >= 0.6 is 0 Å². The van der Waals surface area contributed by atoms with Crippen LogP contribution in [0, 0.1) is 0 Å². The van der Waals surface area contributed by atoms with Crippen molar-refractivity contribution in [1.82, 2.24) is 10.4 Å². The first-order chi connectivity index (χ1) is 14.6. The summed E-state index contributed by atoms with van der Waals surface area (Å²) < 4.78 is 27.7. The summed E-state index contributed by atoms with van der Waals surface area (Å²) in [5, 5.41) is 9.93. The summed E-state index contributed by atoms with van der Waals surface area (Å²) in [5.74, 6) is 3.19. The second-order valence-corrected chi connectivity index (χ2v) is 7.15. The summed E-state index contributed by atoms with van der Waals surface area (Å²) in [6, 6.07) is 7.35. The zero-order valence-electron chi connectivity index (χ0n) is 17.5. The van der Waals surface area contributed by atoms with Gasteiger partial charge in [0, 0.05) is 17.7 Å². The van der Waals surface area contributed by atoms with Gasteiger partial charge in [-0.1, -0.05) is 0 Å². The monoisotopic (exact) mass is 414 g/mol. The molecule has 8 nitrogen and oxygen atoms in total. The second-order valence-electron chi connectivity index (χ2n) is 7.15. The molecule has 0 unspecified atom stereocenters. The van der Waals surface area contributed by atoms with Gasteiger partial charge >= 0.3 is 0 Å². The summed E-state index contributed by atoms with van der Waals surface area (Å²) >= 11 is 0. The minimum absolute atomic E-state index is 0.152. The van der Waals surface area contributed by atoms with E-state index in [0.29, 0.717) is 34.4 Å². The molecule has 2 aliphatic heterocycles. The van der Waals surface area contributed by atoms with Crippen molar-refractivity contribution in [1.29, 1.82) is 0 Å². The molecule has 2 aromatic rings. The maximum atomic E-state index is 9.93. The van der Waals surface area contributed by atoms with Gasteiger partial charge in [0.15, 0.2) is 23.0 Å². The molecule has 160 valence electrons. The van der Waals surface area contributed by atoms with Crippen molar-refractivity contribution in [2.75, 3.05) is 41.7 Å². The number of nitrogens with zero attached hydrogens (tertiary/aromatic N) is 1. The number of hydrogen-bond donors (Lipinski definition) is 2. The number of likely N-dealkylation sites (N-methyl/N-ethyl adjacent to an activating group) is 1. The topological polar surface area (TPSA) is 81.7 Å². The molecule has 0 spiro atoms. The molecule has 0 saturated carbocycles. The average molecular weight is 414 g/mol. The van der Waals surface area contributed by atoms with Crippen molar-refractivity contribution >= 4 is 5.70 Å². The Morgan fingerprint density at radius 3 is 2.63 bits per heavy atom. The van der Waals surface area contributed by atoms with Crippen LogP contribution in [0.1, 0.15) is 22.7 Å². The van der Waals surface area contributed by atoms with E-state index in [0.717, 1.165) is 29.7 Å². The first-order valence-electron chi connectivity index (χ1n) is 9.65. The number of fused-ring (bicyclic) bond motifs is 2. The van der Waals surface area contributed by atoms with Gasteiger partial charge in [-0.3, -0.25) is 15.6 Å². The normalized spacial score (nSPS) is 18.0. The van der Waals surface area contributed by atoms with Gasteiger partial charge in [0.2, 0.25) is 12.5 Å². The Morgan fingerprint density at radius 1 is 1.13 bits per heavy atom. The van der Waals surface area contributed by atoms with Gasteiger partial charge in [-0.05, 0) is 49.4 Å². The summed E-state index contributed by atoms with van der Waals surface area (Å²) in [5.41, 5.74) is 5.78. The number of hydrogen-bond acceptors (Lipinski definition) is 8. The van der Waals surface area contributed by atoms with Crippen LogP contribution in [-0.2, 0) is 6.42 Å². The first kappa shape index (κ1) is 20.2. The molecule has 0 amide bonds. The van der Waals surface area contributed by atoms with Crippen LogP contribution in [0.4, 0.5) is 0 Å². The van der Waals surface area contributed by atoms with E-state index in [2.05, 4.69) is 10.4 Å². The van der Waals surface area contributed by atoms with Crippen molar-refractivity contribution in [2.24, 2.45) is 0 Å². The maximum absolute atomic E-state index is 9.93. The molecular weight excluding hydrogens is 388 g/mol. The molecule has 0 fully saturated rings. The van der Waals surface area contributed by atoms with Crippen LogP contribution in [0.2, 0.25) is 0 Å². The molecular formula is C22H26N2O6. The summed E-state index contributed by atoms with van der Waals surface area (Å²) in [6.07, 6.45) is 2.82. The number of hydroxylamine groups is 1. The molecule has 2 heterocycles. The van der Waals surface area contributed by atoms with Crippen molar-refractivity contribution in [3.63, 3.8) is 0 Å². The van der Waals surface area contributed by atoms with Crippen LogP contribution in [0.3, 0.4) is 0 Å². The molecule has 0 bridgehead atoms. The van der Waals surface area contributed by atoms with Crippen molar-refractivity contribution in [2.45, 2.75) is 12.5 Å². The zero-order chi connectivity index (χ0) is 21.3. The summed E-state index contributed by atoms with van der Waals surface area (Å²) in [7, 11) is 6.84. The Kier molecular flexibility index (Phi) is 5.61. The molecule has 1 atom stereocenters. The molecule has 2 aliphatic rings. The number of ether oxygens (including phenoxy) is 5. The van der Waals surface area contributed by atoms with Gasteiger partial charge in [-0.15, -0.1) is 0 Å². The second kappa shape index (κ2) is 8.33. The van der Waals surface area contributed by atoms with Gasteiger partial charge in [0.1, 0.15) is 0 Å². The van der Waals surface area contributed by atoms with Gasteiger partial charge < -0.3 is 23.7 Å². The highest BCUT2D eigenvalue weighted by Crippen LogP contribution is 2.50. The lowest BCUT2D eigenvalue weighted by atomic mass is 9.90. The fourth-order valence-corrected chi connectivity index (χ4v) is 4.04. The van der Waals surface area contributed by atoms with E-state index in [1.807, 2.05) is 31.3 Å². The Morgan fingerprint density at radius 2 is 1.93 bits per heavy atom. The van der Waals surface area contributed by atoms with E-state index < -0.39 is 0 Å². The van der Waals surface area contributed by atoms with Crippen LogP contribution < -0.4 is 29.2 Å². The van der Waals surface area contributed by atoms with Crippen molar-refractivity contribution in [3.05, 3.63) is 47.0 Å². The fraction of sp³-hybridized carbons (Fsp3) is 0.364. The molecule has 2 aromatic carbocycles. The van der Waals surface area contributed by atoms with Crippen LogP contribution in [0.5, 0.6) is 28.7 Å². The lowest BCUT2D eigenvalue weighted by Gasteiger charge is -2.34. The smallest absolute Gasteiger partial charge is 0.231 e. The van der Waals surface area contributed by atoms with Gasteiger partial charge in [0.25, 0.3) is 0 Å². The summed E-state index contributed by atoms with van der Waals surface area (Å²) in [6.45, 7) is 1.03. The van der Waals surface area contributed by atoms with Crippen molar-refractivity contribution < 1.29 is 28.9 Å². The Bertz CT molecular complexity index is 975. The third kappa shape index (κ3) is 3.38. The number of benzene rings is 2. The Balaban J connectivity index is 1.81. The highest BCUT2D eigenvalue weighted by Gasteiger charge is 2.33. The third-order valence-electron chi connectivity index (χ3n) is 5.59. The first-order valence-corrected chi connectivity index (χ1v) is 9.65. The van der Waals surface area contributed by atoms with E-state index in [1.165, 1.54) is 0 Å². The maximum Gasteiger partial charge on any atom is 0.231 e. The van der Waals surface area contributed by atoms with Gasteiger partial charge in [0.05, 0.1) is 33.1 Å². The Hall–Kier alpha value is -3.10. The number of nitrogens with one attached hydrogen (secondary N) is 1. The lowest BCUT2D eigenvalue weighted by molar-refractivity contribution is 0.171. The zero-order valence-corrected chi connectivity index (χ0v) is 17.5. The molecule has 8 heteroatoms. The molecule has 0 aromatic heterocycles. The van der Waals surface area contributed by atoms with E-state index in [-0.39, 0.29) is 12.8 Å². The predicted octanol–water partition coefficient (Wildman–Crippen LogP) is 2.99. The molecule has 30 heavy (non-hydrogen) atoms. The largest absolute Gasteiger partial charge is 0.493 e. The number of methoxy groups -OCH3 is 3. The molecule has 0 aliphatic carbocycles. The lowest BCUT2D eigenvalue weighted by Crippen LogP contribution is -2.32. The molecule has 2 N–H and O–H groups in total. The SMILES string of the molecule is COc1ccc(/C(=C\[C@H]2c3c(cc4c(c3OC)OCO4)CCN2C)NO)cc1OC. The van der Waals surface area contributed by atoms with E-state index in [4.69, 9.17) is 23.7 Å². The van der Waals surface area contributed by atoms with Gasteiger partial charge in [-0.2, -0.15) is 0 Å². The quantitative estimate of drug-likeness (QED) is 0.699. The predicted molar refractivity (Wildman–Crippen MR) is 111 cm³/mol. The number of rotatable bonds is 6. The van der Waals surface area contributed by atoms with Crippen LogP contribution in [-0.4, -0.2) is 51.8 Å². The van der Waals surface area contributed by atoms with E-state index in [9.17, 15) is 5.21 Å². The van der Waals surface area contributed by atoms with Gasteiger partial charge in [-0.25, -0.2) is 0 Å². The van der Waals surface area contributed by atoms with E-state index >= 15 is 0 Å². The minimum atomic E-state index is -0.152. The minimum Gasteiger partial charge on any atom is -0.493 e. The van der Waals surface area contributed by atoms with Crippen LogP contribution in [0.25, 0.3) is 5.70 Å². The molecule has 4 rings (SSSR count). The summed E-state index contributed by atoms with van der Waals surface area (Å²) in [4.78, 5) is 2.20. The average Bonchev–Trinajstić information content (AvgIpc) is 3.25. The molecule has 0 saturated heterocycles. The highest BCUT2D eigenvalue weighted by molar-refractivity contribution is 5.69.